The number of aromatic nitrogens is 2. The molecule has 5 heteroatoms. The molecule has 1 aromatic heterocycles. The van der Waals surface area contributed by atoms with E-state index in [1.165, 1.54) is 11.8 Å². The molecule has 2 aromatic rings. The van der Waals surface area contributed by atoms with Crippen LogP contribution in [0.3, 0.4) is 0 Å². The average molecular weight is 317 g/mol. The zero-order valence-corrected chi connectivity index (χ0v) is 14.4. The topological polar surface area (TPSA) is 46.9 Å². The number of hydrogen-bond donors (Lipinski definition) is 1. The molecule has 0 radical (unpaired) electrons. The predicted octanol–water partition coefficient (Wildman–Crippen LogP) is 3.34. The van der Waals surface area contributed by atoms with Crippen molar-refractivity contribution < 1.29 is 4.79 Å². The van der Waals surface area contributed by atoms with E-state index in [9.17, 15) is 4.79 Å². The fourth-order valence-corrected chi connectivity index (χ4v) is 2.92. The summed E-state index contributed by atoms with van der Waals surface area (Å²) in [6, 6.07) is 10.1. The van der Waals surface area contributed by atoms with Gasteiger partial charge in [0.05, 0.1) is 17.1 Å². The van der Waals surface area contributed by atoms with Crippen LogP contribution >= 0.6 is 11.8 Å². The number of hydrogen-bond acceptors (Lipinski definition) is 3. The van der Waals surface area contributed by atoms with Gasteiger partial charge in [0.15, 0.2) is 5.16 Å². The van der Waals surface area contributed by atoms with Gasteiger partial charge in [-0.2, -0.15) is 0 Å². The minimum absolute atomic E-state index is 0.0583. The van der Waals surface area contributed by atoms with Gasteiger partial charge in [0.2, 0.25) is 5.91 Å². The van der Waals surface area contributed by atoms with E-state index in [-0.39, 0.29) is 11.2 Å². The van der Waals surface area contributed by atoms with E-state index in [1.807, 2.05) is 42.9 Å². The number of carbonyl (C=O) groups excluding carboxylic acids is 1. The Balaban J connectivity index is 2.05. The van der Waals surface area contributed by atoms with Gasteiger partial charge in [-0.1, -0.05) is 55.9 Å². The standard InChI is InChI=1S/C17H23N3OS/c1-12(2)10-18-16(21)13(3)22-17-19-11-15(20(17)4)14-8-6-5-7-9-14/h5-9,11-13H,10H2,1-4H3,(H,18,21). The highest BCUT2D eigenvalue weighted by Crippen LogP contribution is 2.27. The van der Waals surface area contributed by atoms with Crippen LogP contribution in [0.4, 0.5) is 0 Å². The van der Waals surface area contributed by atoms with Gasteiger partial charge in [0, 0.05) is 13.6 Å². The van der Waals surface area contributed by atoms with Gasteiger partial charge >= 0.3 is 0 Å². The van der Waals surface area contributed by atoms with Gasteiger partial charge in [0.1, 0.15) is 0 Å². The summed E-state index contributed by atoms with van der Waals surface area (Å²) >= 11 is 1.49. The van der Waals surface area contributed by atoms with Gasteiger partial charge in [0.25, 0.3) is 0 Å². The summed E-state index contributed by atoms with van der Waals surface area (Å²) in [6.45, 7) is 6.79. The maximum Gasteiger partial charge on any atom is 0.233 e. The first-order valence-electron chi connectivity index (χ1n) is 7.50. The van der Waals surface area contributed by atoms with Crippen molar-refractivity contribution in [1.82, 2.24) is 14.9 Å². The highest BCUT2D eigenvalue weighted by atomic mass is 32.2. The van der Waals surface area contributed by atoms with Crippen molar-refractivity contribution in [2.75, 3.05) is 6.54 Å². The van der Waals surface area contributed by atoms with Crippen LogP contribution in [0.1, 0.15) is 20.8 Å². The molecule has 0 saturated carbocycles. The zero-order chi connectivity index (χ0) is 16.1. The Hall–Kier alpha value is -1.75. The fraction of sp³-hybridized carbons (Fsp3) is 0.412. The van der Waals surface area contributed by atoms with Crippen LogP contribution in [-0.4, -0.2) is 27.3 Å². The lowest BCUT2D eigenvalue weighted by Crippen LogP contribution is -2.33. The Morgan fingerprint density at radius 3 is 2.59 bits per heavy atom. The van der Waals surface area contributed by atoms with Crippen molar-refractivity contribution >= 4 is 17.7 Å². The quantitative estimate of drug-likeness (QED) is 0.831. The van der Waals surface area contributed by atoms with Crippen molar-refractivity contribution in [3.63, 3.8) is 0 Å². The molecular formula is C17H23N3OS. The minimum atomic E-state index is -0.163. The second kappa shape index (κ2) is 7.49. The van der Waals surface area contributed by atoms with Crippen LogP contribution in [0.2, 0.25) is 0 Å². The molecule has 0 bridgehead atoms. The molecule has 0 spiro atoms. The maximum absolute atomic E-state index is 12.1. The van der Waals surface area contributed by atoms with Gasteiger partial charge in [-0.3, -0.25) is 4.79 Å². The van der Waals surface area contributed by atoms with Crippen molar-refractivity contribution in [3.8, 4) is 11.3 Å². The summed E-state index contributed by atoms with van der Waals surface area (Å²) in [5.41, 5.74) is 2.18. The third-order valence-electron chi connectivity index (χ3n) is 3.35. The molecule has 0 aliphatic heterocycles. The molecule has 0 fully saturated rings. The van der Waals surface area contributed by atoms with Crippen LogP contribution in [0.15, 0.2) is 41.7 Å². The van der Waals surface area contributed by atoms with Crippen LogP contribution in [0.25, 0.3) is 11.3 Å². The normalized spacial score (nSPS) is 12.4. The van der Waals surface area contributed by atoms with E-state index < -0.39 is 0 Å². The minimum Gasteiger partial charge on any atom is -0.355 e. The highest BCUT2D eigenvalue weighted by molar-refractivity contribution is 8.00. The number of rotatable bonds is 6. The van der Waals surface area contributed by atoms with Crippen LogP contribution in [0.5, 0.6) is 0 Å². The molecule has 1 atom stereocenters. The van der Waals surface area contributed by atoms with Crippen LogP contribution in [-0.2, 0) is 11.8 Å². The van der Waals surface area contributed by atoms with Crippen molar-refractivity contribution in [3.05, 3.63) is 36.5 Å². The summed E-state index contributed by atoms with van der Waals surface area (Å²) in [6.07, 6.45) is 1.86. The first kappa shape index (κ1) is 16.6. The van der Waals surface area contributed by atoms with Crippen molar-refractivity contribution in [1.29, 1.82) is 0 Å². The number of thioether (sulfide) groups is 1. The SMILES string of the molecule is CC(C)CNC(=O)C(C)Sc1ncc(-c2ccccc2)n1C. The highest BCUT2D eigenvalue weighted by Gasteiger charge is 2.18. The monoisotopic (exact) mass is 317 g/mol. The predicted molar refractivity (Wildman–Crippen MR) is 91.8 cm³/mol. The lowest BCUT2D eigenvalue weighted by Gasteiger charge is -2.13. The Morgan fingerprint density at radius 2 is 1.95 bits per heavy atom. The van der Waals surface area contributed by atoms with E-state index >= 15 is 0 Å². The number of nitrogens with one attached hydrogen (secondary N) is 1. The zero-order valence-electron chi connectivity index (χ0n) is 13.5. The lowest BCUT2D eigenvalue weighted by atomic mass is 10.2. The number of carbonyl (C=O) groups is 1. The Morgan fingerprint density at radius 1 is 1.27 bits per heavy atom. The first-order valence-corrected chi connectivity index (χ1v) is 8.38. The first-order chi connectivity index (χ1) is 10.5. The second-order valence-corrected chi connectivity index (χ2v) is 7.06. The Labute approximate surface area is 136 Å². The molecule has 1 heterocycles. The third-order valence-corrected chi connectivity index (χ3v) is 4.51. The summed E-state index contributed by atoms with van der Waals surface area (Å²) in [7, 11) is 1.98. The van der Waals surface area contributed by atoms with Gasteiger partial charge < -0.3 is 9.88 Å². The summed E-state index contributed by atoms with van der Waals surface area (Å²) < 4.78 is 2.03. The fourth-order valence-electron chi connectivity index (χ4n) is 2.04. The molecule has 1 unspecified atom stereocenters. The van der Waals surface area contributed by atoms with E-state index in [2.05, 4.69) is 36.3 Å². The third kappa shape index (κ3) is 4.13. The van der Waals surface area contributed by atoms with Crippen LogP contribution < -0.4 is 5.32 Å². The molecule has 1 aromatic carbocycles. The molecule has 2 rings (SSSR count). The molecule has 1 N–H and O–H groups in total. The number of nitrogens with zero attached hydrogens (tertiary/aromatic N) is 2. The average Bonchev–Trinajstić information content (AvgIpc) is 2.86. The molecule has 0 saturated heterocycles. The van der Waals surface area contributed by atoms with Crippen molar-refractivity contribution in [2.45, 2.75) is 31.2 Å². The molecule has 118 valence electrons. The van der Waals surface area contributed by atoms with E-state index in [0.29, 0.717) is 12.5 Å². The molecule has 0 aliphatic rings. The number of benzene rings is 1. The largest absolute Gasteiger partial charge is 0.355 e. The summed E-state index contributed by atoms with van der Waals surface area (Å²) in [4.78, 5) is 16.5. The molecule has 22 heavy (non-hydrogen) atoms. The second-order valence-electron chi connectivity index (χ2n) is 5.75. The molecular weight excluding hydrogens is 294 g/mol. The summed E-state index contributed by atoms with van der Waals surface area (Å²) in [5.74, 6) is 0.516. The smallest absolute Gasteiger partial charge is 0.233 e. The Bertz CT molecular complexity index is 622. The van der Waals surface area contributed by atoms with E-state index in [1.54, 1.807) is 0 Å². The van der Waals surface area contributed by atoms with Gasteiger partial charge in [-0.25, -0.2) is 4.98 Å². The number of imidazole rings is 1. The molecule has 4 nitrogen and oxygen atoms in total. The van der Waals surface area contributed by atoms with Gasteiger partial charge in [-0.05, 0) is 18.4 Å². The van der Waals surface area contributed by atoms with Gasteiger partial charge in [-0.15, -0.1) is 0 Å². The van der Waals surface area contributed by atoms with Crippen LogP contribution in [0, 0.1) is 5.92 Å². The maximum atomic E-state index is 12.1. The molecule has 1 amide bonds. The van der Waals surface area contributed by atoms with E-state index in [0.717, 1.165) is 16.4 Å². The van der Waals surface area contributed by atoms with Crippen molar-refractivity contribution in [2.24, 2.45) is 13.0 Å². The van der Waals surface area contributed by atoms with E-state index in [4.69, 9.17) is 0 Å². The molecule has 0 aliphatic carbocycles. The Kier molecular flexibility index (Phi) is 5.66. The summed E-state index contributed by atoms with van der Waals surface area (Å²) in [5, 5.41) is 3.65. The number of amides is 1. The lowest BCUT2D eigenvalue weighted by molar-refractivity contribution is -0.120.